The molecule has 0 radical (unpaired) electrons. The van der Waals surface area contributed by atoms with Crippen LogP contribution in [0.2, 0.25) is 5.02 Å². The van der Waals surface area contributed by atoms with Crippen molar-refractivity contribution in [1.29, 1.82) is 5.26 Å². The Balaban J connectivity index is 2.17. The number of nitrogens with two attached hydrogens (primary N) is 1. The largest absolute Gasteiger partial charge is 0.371 e. The molecule has 84 valence electrons. The summed E-state index contributed by atoms with van der Waals surface area (Å²) in [6, 6.07) is 7.64. The molecule has 1 aromatic carbocycles. The first-order chi connectivity index (χ1) is 7.74. The summed E-state index contributed by atoms with van der Waals surface area (Å²) in [6.07, 6.45) is 1.13. The van der Waals surface area contributed by atoms with Crippen LogP contribution in [0.25, 0.3) is 0 Å². The molecule has 1 unspecified atom stereocenters. The molecule has 1 aliphatic heterocycles. The average molecular weight is 236 g/mol. The Labute approximate surface area is 100 Å². The van der Waals surface area contributed by atoms with E-state index in [1.165, 1.54) is 0 Å². The Bertz CT molecular complexity index is 425. The Morgan fingerprint density at radius 3 is 2.94 bits per heavy atom. The third kappa shape index (κ3) is 2.13. The second-order valence-corrected chi connectivity index (χ2v) is 4.52. The van der Waals surface area contributed by atoms with Gasteiger partial charge in [-0.25, -0.2) is 0 Å². The minimum Gasteiger partial charge on any atom is -0.371 e. The van der Waals surface area contributed by atoms with Gasteiger partial charge in [0.25, 0.3) is 0 Å². The number of halogens is 1. The van der Waals surface area contributed by atoms with Gasteiger partial charge in [0.05, 0.1) is 10.6 Å². The highest BCUT2D eigenvalue weighted by atomic mass is 35.5. The Hall–Kier alpha value is -1.24. The predicted octanol–water partition coefficient (Wildman–Crippen LogP) is 2.00. The molecule has 0 aliphatic carbocycles. The van der Waals surface area contributed by atoms with E-state index in [2.05, 4.69) is 11.0 Å². The number of anilines is 1. The topological polar surface area (TPSA) is 53.0 Å². The molecule has 2 N–H and O–H groups in total. The predicted molar refractivity (Wildman–Crippen MR) is 65.5 cm³/mol. The van der Waals surface area contributed by atoms with Crippen LogP contribution in [0.15, 0.2) is 18.2 Å². The highest BCUT2D eigenvalue weighted by Gasteiger charge is 2.21. The summed E-state index contributed by atoms with van der Waals surface area (Å²) in [6.45, 7) is 2.74. The molecular formula is C12H14ClN3. The van der Waals surface area contributed by atoms with E-state index in [9.17, 15) is 0 Å². The molecule has 1 aliphatic rings. The first-order valence-electron chi connectivity index (χ1n) is 5.39. The van der Waals surface area contributed by atoms with Crippen LogP contribution in [0.5, 0.6) is 0 Å². The number of hydrogen-bond acceptors (Lipinski definition) is 3. The molecule has 16 heavy (non-hydrogen) atoms. The quantitative estimate of drug-likeness (QED) is 0.853. The maximum atomic E-state index is 8.79. The number of hydrogen-bond donors (Lipinski definition) is 1. The van der Waals surface area contributed by atoms with Crippen molar-refractivity contribution >= 4 is 17.3 Å². The van der Waals surface area contributed by atoms with E-state index in [0.29, 0.717) is 16.5 Å². The summed E-state index contributed by atoms with van der Waals surface area (Å²) in [5.41, 5.74) is 7.26. The fraction of sp³-hybridized carbons (Fsp3) is 0.417. The number of nitrogens with zero attached hydrogens (tertiary/aromatic N) is 2. The van der Waals surface area contributed by atoms with Crippen LogP contribution in [0, 0.1) is 17.2 Å². The second kappa shape index (κ2) is 4.73. The van der Waals surface area contributed by atoms with Gasteiger partial charge < -0.3 is 10.6 Å². The van der Waals surface area contributed by atoms with Crippen LogP contribution in [-0.2, 0) is 0 Å². The van der Waals surface area contributed by atoms with Crippen LogP contribution in [0.3, 0.4) is 0 Å². The molecule has 1 heterocycles. The molecule has 0 saturated carbocycles. The lowest BCUT2D eigenvalue weighted by Gasteiger charge is -2.18. The zero-order valence-corrected chi connectivity index (χ0v) is 9.74. The lowest BCUT2D eigenvalue weighted by molar-refractivity contribution is 0.602. The van der Waals surface area contributed by atoms with Gasteiger partial charge in [-0.15, -0.1) is 0 Å². The molecule has 0 aromatic heterocycles. The third-order valence-corrected chi connectivity index (χ3v) is 3.37. The lowest BCUT2D eigenvalue weighted by Crippen LogP contribution is -2.22. The van der Waals surface area contributed by atoms with Crippen molar-refractivity contribution in [2.75, 3.05) is 24.5 Å². The van der Waals surface area contributed by atoms with E-state index >= 15 is 0 Å². The molecule has 3 nitrogen and oxygen atoms in total. The third-order valence-electron chi connectivity index (χ3n) is 3.06. The second-order valence-electron chi connectivity index (χ2n) is 4.11. The summed E-state index contributed by atoms with van der Waals surface area (Å²) in [4.78, 5) is 2.27. The molecule has 1 aromatic rings. The maximum absolute atomic E-state index is 8.79. The minimum absolute atomic E-state index is 0.524. The van der Waals surface area contributed by atoms with Gasteiger partial charge in [0.1, 0.15) is 6.07 Å². The highest BCUT2D eigenvalue weighted by molar-refractivity contribution is 6.32. The van der Waals surface area contributed by atoms with Crippen molar-refractivity contribution in [1.82, 2.24) is 0 Å². The Morgan fingerprint density at radius 1 is 1.56 bits per heavy atom. The lowest BCUT2D eigenvalue weighted by atomic mass is 10.1. The fourth-order valence-electron chi connectivity index (χ4n) is 2.05. The van der Waals surface area contributed by atoms with Crippen molar-refractivity contribution < 1.29 is 0 Å². The summed E-state index contributed by atoms with van der Waals surface area (Å²) in [7, 11) is 0. The fourth-order valence-corrected chi connectivity index (χ4v) is 2.27. The normalized spacial score (nSPS) is 19.8. The SMILES string of the molecule is N#Cc1ccc(N2CCC(CN)C2)cc1Cl. The van der Waals surface area contributed by atoms with E-state index < -0.39 is 0 Å². The van der Waals surface area contributed by atoms with Crippen molar-refractivity contribution in [3.05, 3.63) is 28.8 Å². The van der Waals surface area contributed by atoms with E-state index in [1.54, 1.807) is 6.07 Å². The van der Waals surface area contributed by atoms with Gasteiger partial charge >= 0.3 is 0 Å². The summed E-state index contributed by atoms with van der Waals surface area (Å²) >= 11 is 6.00. The van der Waals surface area contributed by atoms with Crippen LogP contribution in [0.4, 0.5) is 5.69 Å². The monoisotopic (exact) mass is 235 g/mol. The first-order valence-corrected chi connectivity index (χ1v) is 5.77. The van der Waals surface area contributed by atoms with Crippen LogP contribution < -0.4 is 10.6 Å². The van der Waals surface area contributed by atoms with Crippen LogP contribution >= 0.6 is 11.6 Å². The average Bonchev–Trinajstić information content (AvgIpc) is 2.77. The standard InChI is InChI=1S/C12H14ClN3/c13-12-5-11(2-1-10(12)7-15)16-4-3-9(6-14)8-16/h1-2,5,9H,3-4,6,8,14H2. The molecule has 0 amide bonds. The number of nitriles is 1. The van der Waals surface area contributed by atoms with E-state index in [4.69, 9.17) is 22.6 Å². The molecular weight excluding hydrogens is 222 g/mol. The van der Waals surface area contributed by atoms with Crippen molar-refractivity contribution in [3.63, 3.8) is 0 Å². The van der Waals surface area contributed by atoms with E-state index in [-0.39, 0.29) is 0 Å². The summed E-state index contributed by atoms with van der Waals surface area (Å²) in [5.74, 6) is 0.578. The van der Waals surface area contributed by atoms with Crippen molar-refractivity contribution in [2.45, 2.75) is 6.42 Å². The molecule has 1 atom stereocenters. The van der Waals surface area contributed by atoms with Gasteiger partial charge in [0, 0.05) is 18.8 Å². The van der Waals surface area contributed by atoms with Crippen molar-refractivity contribution in [3.8, 4) is 6.07 Å². The zero-order chi connectivity index (χ0) is 11.5. The van der Waals surface area contributed by atoms with E-state index in [1.807, 2.05) is 12.1 Å². The summed E-state index contributed by atoms with van der Waals surface area (Å²) < 4.78 is 0. The van der Waals surface area contributed by atoms with Gasteiger partial charge in [-0.2, -0.15) is 5.26 Å². The Morgan fingerprint density at radius 2 is 2.38 bits per heavy atom. The zero-order valence-electron chi connectivity index (χ0n) is 8.99. The van der Waals surface area contributed by atoms with Gasteiger partial charge in [-0.1, -0.05) is 11.6 Å². The number of benzene rings is 1. The molecule has 4 heteroatoms. The maximum Gasteiger partial charge on any atom is 0.101 e. The van der Waals surface area contributed by atoms with E-state index in [0.717, 1.165) is 31.7 Å². The Kier molecular flexibility index (Phi) is 3.33. The molecule has 2 rings (SSSR count). The molecule has 1 saturated heterocycles. The van der Waals surface area contributed by atoms with Gasteiger partial charge in [-0.05, 0) is 37.1 Å². The number of rotatable bonds is 2. The molecule has 0 bridgehead atoms. The van der Waals surface area contributed by atoms with Gasteiger partial charge in [-0.3, -0.25) is 0 Å². The highest BCUT2D eigenvalue weighted by Crippen LogP contribution is 2.27. The molecule has 1 fully saturated rings. The summed E-state index contributed by atoms with van der Waals surface area (Å²) in [5, 5.41) is 9.31. The van der Waals surface area contributed by atoms with Gasteiger partial charge in [0.2, 0.25) is 0 Å². The van der Waals surface area contributed by atoms with Crippen LogP contribution in [-0.4, -0.2) is 19.6 Å². The first kappa shape index (κ1) is 11.3. The van der Waals surface area contributed by atoms with Crippen LogP contribution in [0.1, 0.15) is 12.0 Å². The van der Waals surface area contributed by atoms with Crippen molar-refractivity contribution in [2.24, 2.45) is 11.7 Å². The smallest absolute Gasteiger partial charge is 0.101 e. The molecule has 0 spiro atoms. The minimum atomic E-state index is 0.524. The van der Waals surface area contributed by atoms with Gasteiger partial charge in [0.15, 0.2) is 0 Å².